The summed E-state index contributed by atoms with van der Waals surface area (Å²) in [6.07, 6.45) is 0.977. The van der Waals surface area contributed by atoms with Crippen molar-refractivity contribution in [3.63, 3.8) is 0 Å². The lowest BCUT2D eigenvalue weighted by Gasteiger charge is -2.26. The van der Waals surface area contributed by atoms with Gasteiger partial charge >= 0.3 is 0 Å². The third-order valence-electron chi connectivity index (χ3n) is 2.85. The average molecular weight is 286 g/mol. The molecule has 1 aliphatic rings. The molecule has 2 heterocycles. The second-order valence-corrected chi connectivity index (χ2v) is 5.66. The molecule has 1 amide bonds. The van der Waals surface area contributed by atoms with Crippen LogP contribution in [0.3, 0.4) is 0 Å². The fraction of sp³-hybridized carbons (Fsp3) is 0.583. The fourth-order valence-electron chi connectivity index (χ4n) is 1.86. The van der Waals surface area contributed by atoms with Crippen LogP contribution in [0.25, 0.3) is 0 Å². The monoisotopic (exact) mass is 286 g/mol. The third kappa shape index (κ3) is 4.28. The molecule has 0 aliphatic carbocycles. The molecule has 1 aromatic heterocycles. The van der Waals surface area contributed by atoms with Gasteiger partial charge in [0.05, 0.1) is 18.1 Å². The van der Waals surface area contributed by atoms with E-state index in [1.54, 1.807) is 6.07 Å². The second-order valence-electron chi connectivity index (χ2n) is 4.23. The molecule has 1 saturated heterocycles. The number of carbonyl (C=O) groups excluding carboxylic acids is 1. The number of hydrogen-bond acceptors (Lipinski definition) is 5. The minimum Gasteiger partial charge on any atom is -0.379 e. The highest BCUT2D eigenvalue weighted by Crippen LogP contribution is 2.17. The smallest absolute Gasteiger partial charge is 0.261 e. The van der Waals surface area contributed by atoms with Gasteiger partial charge in [0.1, 0.15) is 0 Å². The molecule has 6 heteroatoms. The summed E-state index contributed by atoms with van der Waals surface area (Å²) in [5.74, 6) is 0.00211. The number of nitrogens with zero attached hydrogens (tertiary/aromatic N) is 1. The Balaban J connectivity index is 1.61. The molecule has 0 spiro atoms. The van der Waals surface area contributed by atoms with Crippen molar-refractivity contribution in [3.8, 4) is 0 Å². The fourth-order valence-corrected chi connectivity index (χ4v) is 2.93. The molecule has 0 unspecified atom stereocenters. The van der Waals surface area contributed by atoms with Crippen molar-refractivity contribution in [2.24, 2.45) is 0 Å². The van der Waals surface area contributed by atoms with Crippen molar-refractivity contribution in [1.82, 2.24) is 10.2 Å². The lowest BCUT2D eigenvalue weighted by Crippen LogP contribution is -2.38. The topological polar surface area (TPSA) is 41.6 Å². The summed E-state index contributed by atoms with van der Waals surface area (Å²) in [6.45, 7) is 5.39. The molecule has 0 radical (unpaired) electrons. The first-order chi connectivity index (χ1) is 8.75. The van der Waals surface area contributed by atoms with Crippen LogP contribution in [0, 0.1) is 0 Å². The Kier molecular flexibility index (Phi) is 5.49. The van der Waals surface area contributed by atoms with E-state index in [0.717, 1.165) is 55.6 Å². The standard InChI is InChI=1S/C12H18N2O2S2/c15-12(11-8-10(17)9-18-11)13-2-1-3-14-4-6-16-7-5-14/h8-9,17H,1-7H2,(H,13,15). The molecule has 0 atom stereocenters. The number of hydrogen-bond donors (Lipinski definition) is 2. The number of carbonyl (C=O) groups is 1. The summed E-state index contributed by atoms with van der Waals surface area (Å²) in [5.41, 5.74) is 0. The molecule has 1 aromatic rings. The molecule has 100 valence electrons. The van der Waals surface area contributed by atoms with Gasteiger partial charge in [-0.05, 0) is 19.0 Å². The Labute approximate surface area is 117 Å². The first kappa shape index (κ1) is 13.9. The largest absolute Gasteiger partial charge is 0.379 e. The number of thiophene rings is 1. The van der Waals surface area contributed by atoms with Gasteiger partial charge in [-0.25, -0.2) is 0 Å². The minimum atomic E-state index is 0.00211. The second kappa shape index (κ2) is 7.13. The summed E-state index contributed by atoms with van der Waals surface area (Å²) in [7, 11) is 0. The van der Waals surface area contributed by atoms with Crippen LogP contribution in [0.5, 0.6) is 0 Å². The molecule has 0 aromatic carbocycles. The quantitative estimate of drug-likeness (QED) is 0.636. The maximum Gasteiger partial charge on any atom is 0.261 e. The van der Waals surface area contributed by atoms with Crippen molar-refractivity contribution in [2.75, 3.05) is 39.4 Å². The number of amides is 1. The first-order valence-corrected chi connectivity index (χ1v) is 7.44. The van der Waals surface area contributed by atoms with Gasteiger partial charge in [0.25, 0.3) is 5.91 Å². The molecule has 4 nitrogen and oxygen atoms in total. The number of rotatable bonds is 5. The molecule has 18 heavy (non-hydrogen) atoms. The highest BCUT2D eigenvalue weighted by Gasteiger charge is 2.10. The van der Waals surface area contributed by atoms with Crippen LogP contribution in [-0.4, -0.2) is 50.2 Å². The normalized spacial score (nSPS) is 16.7. The van der Waals surface area contributed by atoms with Gasteiger partial charge in [-0.1, -0.05) is 0 Å². The van der Waals surface area contributed by atoms with Gasteiger partial charge in [0, 0.05) is 29.9 Å². The van der Waals surface area contributed by atoms with Gasteiger partial charge < -0.3 is 10.1 Å². The summed E-state index contributed by atoms with van der Waals surface area (Å²) >= 11 is 5.62. The van der Waals surface area contributed by atoms with Crippen LogP contribution in [0.1, 0.15) is 16.1 Å². The van der Waals surface area contributed by atoms with Crippen molar-refractivity contribution in [1.29, 1.82) is 0 Å². The third-order valence-corrected chi connectivity index (χ3v) is 4.21. The van der Waals surface area contributed by atoms with E-state index < -0.39 is 0 Å². The van der Waals surface area contributed by atoms with Gasteiger partial charge in [-0.15, -0.1) is 24.0 Å². The van der Waals surface area contributed by atoms with E-state index >= 15 is 0 Å². The van der Waals surface area contributed by atoms with Gasteiger partial charge in [-0.2, -0.15) is 0 Å². The van der Waals surface area contributed by atoms with Gasteiger partial charge in [0.15, 0.2) is 0 Å². The Morgan fingerprint density at radius 1 is 1.50 bits per heavy atom. The van der Waals surface area contributed by atoms with E-state index in [-0.39, 0.29) is 5.91 Å². The van der Waals surface area contributed by atoms with Gasteiger partial charge in [0.2, 0.25) is 0 Å². The van der Waals surface area contributed by atoms with Crippen LogP contribution in [0.2, 0.25) is 0 Å². The van der Waals surface area contributed by atoms with E-state index in [1.165, 1.54) is 11.3 Å². The maximum atomic E-state index is 11.7. The lowest BCUT2D eigenvalue weighted by molar-refractivity contribution is 0.0374. The van der Waals surface area contributed by atoms with E-state index in [1.807, 2.05) is 5.38 Å². The van der Waals surface area contributed by atoms with E-state index in [4.69, 9.17) is 4.74 Å². The zero-order valence-electron chi connectivity index (χ0n) is 10.2. The molecule has 0 saturated carbocycles. The zero-order chi connectivity index (χ0) is 12.8. The van der Waals surface area contributed by atoms with Gasteiger partial charge in [-0.3, -0.25) is 9.69 Å². The van der Waals surface area contributed by atoms with Crippen LogP contribution < -0.4 is 5.32 Å². The van der Waals surface area contributed by atoms with E-state index in [0.29, 0.717) is 0 Å². The number of morpholine rings is 1. The molecule has 1 N–H and O–H groups in total. The number of thiol groups is 1. The van der Waals surface area contributed by atoms with Crippen molar-refractivity contribution in [2.45, 2.75) is 11.3 Å². The molecule has 0 bridgehead atoms. The summed E-state index contributed by atoms with van der Waals surface area (Å²) in [5, 5.41) is 4.80. The van der Waals surface area contributed by atoms with Crippen LogP contribution in [-0.2, 0) is 4.74 Å². The molecular weight excluding hydrogens is 268 g/mol. The average Bonchev–Trinajstić information content (AvgIpc) is 2.82. The molecular formula is C12H18N2O2S2. The number of ether oxygens (including phenoxy) is 1. The summed E-state index contributed by atoms with van der Waals surface area (Å²) in [6, 6.07) is 1.80. The zero-order valence-corrected chi connectivity index (χ0v) is 11.9. The van der Waals surface area contributed by atoms with Crippen molar-refractivity contribution >= 4 is 29.9 Å². The molecule has 1 aliphatic heterocycles. The molecule has 1 fully saturated rings. The highest BCUT2D eigenvalue weighted by molar-refractivity contribution is 7.80. The Bertz CT molecular complexity index is 389. The SMILES string of the molecule is O=C(NCCCN1CCOCC1)c1cc(S)cs1. The Morgan fingerprint density at radius 3 is 2.94 bits per heavy atom. The minimum absolute atomic E-state index is 0.00211. The highest BCUT2D eigenvalue weighted by atomic mass is 32.1. The van der Waals surface area contributed by atoms with Crippen molar-refractivity contribution in [3.05, 3.63) is 16.3 Å². The predicted octanol–water partition coefficient (Wildman–Crippen LogP) is 1.49. The van der Waals surface area contributed by atoms with Crippen LogP contribution >= 0.6 is 24.0 Å². The van der Waals surface area contributed by atoms with E-state index in [9.17, 15) is 4.79 Å². The van der Waals surface area contributed by atoms with E-state index in [2.05, 4.69) is 22.8 Å². The summed E-state index contributed by atoms with van der Waals surface area (Å²) < 4.78 is 5.29. The van der Waals surface area contributed by atoms with Crippen LogP contribution in [0.15, 0.2) is 16.3 Å². The Hall–Kier alpha value is -0.560. The Morgan fingerprint density at radius 2 is 2.28 bits per heavy atom. The first-order valence-electron chi connectivity index (χ1n) is 6.11. The van der Waals surface area contributed by atoms with Crippen molar-refractivity contribution < 1.29 is 9.53 Å². The summed E-state index contributed by atoms with van der Waals surface area (Å²) in [4.78, 5) is 15.7. The molecule has 2 rings (SSSR count). The number of nitrogens with one attached hydrogen (secondary N) is 1. The lowest BCUT2D eigenvalue weighted by atomic mass is 10.3. The van der Waals surface area contributed by atoms with Crippen LogP contribution in [0.4, 0.5) is 0 Å². The maximum absolute atomic E-state index is 11.7. The predicted molar refractivity (Wildman–Crippen MR) is 75.8 cm³/mol.